The topological polar surface area (TPSA) is 97.3 Å². The number of aryl methyl sites for hydroxylation is 1. The molecular weight excluding hydrogens is 424 g/mol. The van der Waals surface area contributed by atoms with E-state index in [1.165, 1.54) is 5.56 Å². The van der Waals surface area contributed by atoms with Gasteiger partial charge in [-0.25, -0.2) is 9.97 Å². The number of hydrogen-bond donors (Lipinski definition) is 3. The molecule has 7 heteroatoms. The largest absolute Gasteiger partial charge is 0.381 e. The van der Waals surface area contributed by atoms with E-state index in [2.05, 4.69) is 53.0 Å². The van der Waals surface area contributed by atoms with Gasteiger partial charge < -0.3 is 16.4 Å². The van der Waals surface area contributed by atoms with Crippen LogP contribution in [0.15, 0.2) is 60.9 Å². The third-order valence-corrected chi connectivity index (χ3v) is 6.56. The first-order chi connectivity index (χ1) is 16.6. The van der Waals surface area contributed by atoms with Gasteiger partial charge in [-0.05, 0) is 49.1 Å². The van der Waals surface area contributed by atoms with Crippen LogP contribution in [-0.2, 0) is 13.0 Å². The average Bonchev–Trinajstić information content (AvgIpc) is 3.35. The molecule has 0 saturated carbocycles. The van der Waals surface area contributed by atoms with Crippen LogP contribution in [0.25, 0.3) is 16.9 Å². The number of benzene rings is 2. The molecule has 2 aromatic carbocycles. The van der Waals surface area contributed by atoms with Gasteiger partial charge in [0, 0.05) is 36.3 Å². The minimum absolute atomic E-state index is 0.110. The van der Waals surface area contributed by atoms with E-state index in [1.807, 2.05) is 28.7 Å². The summed E-state index contributed by atoms with van der Waals surface area (Å²) in [5, 5.41) is 6.47. The normalized spacial score (nSPS) is 16.0. The second-order valence-electron chi connectivity index (χ2n) is 8.86. The third-order valence-electron chi connectivity index (χ3n) is 6.56. The van der Waals surface area contributed by atoms with Crippen molar-refractivity contribution in [2.24, 2.45) is 0 Å². The SMILES string of the molecule is CCc1ccc(CNC(=O)c2cccc(-c3cnc(N)c4nc(C5CCCNC5)cn34)c2)cc1. The van der Waals surface area contributed by atoms with Crippen molar-refractivity contribution in [2.75, 3.05) is 18.8 Å². The minimum atomic E-state index is -0.110. The van der Waals surface area contributed by atoms with Crippen molar-refractivity contribution in [3.63, 3.8) is 0 Å². The van der Waals surface area contributed by atoms with Crippen molar-refractivity contribution in [1.29, 1.82) is 0 Å². The van der Waals surface area contributed by atoms with Crippen LogP contribution in [0.1, 0.15) is 52.9 Å². The highest BCUT2D eigenvalue weighted by molar-refractivity contribution is 5.95. The van der Waals surface area contributed by atoms with Crippen molar-refractivity contribution >= 4 is 17.4 Å². The zero-order chi connectivity index (χ0) is 23.5. The number of rotatable bonds is 6. The molecule has 1 aliphatic rings. The van der Waals surface area contributed by atoms with Crippen molar-refractivity contribution in [3.05, 3.63) is 83.3 Å². The Morgan fingerprint density at radius 2 is 2.03 bits per heavy atom. The molecule has 4 N–H and O–H groups in total. The number of carbonyl (C=O) groups is 1. The van der Waals surface area contributed by atoms with Gasteiger partial charge in [-0.3, -0.25) is 9.20 Å². The maximum absolute atomic E-state index is 12.9. The summed E-state index contributed by atoms with van der Waals surface area (Å²) in [5.41, 5.74) is 12.6. The number of nitrogens with two attached hydrogens (primary N) is 1. The van der Waals surface area contributed by atoms with Crippen LogP contribution in [-0.4, -0.2) is 33.4 Å². The lowest BCUT2D eigenvalue weighted by Crippen LogP contribution is -2.28. The Labute approximate surface area is 199 Å². The summed E-state index contributed by atoms with van der Waals surface area (Å²) >= 11 is 0. The third kappa shape index (κ3) is 4.52. The maximum atomic E-state index is 12.9. The van der Waals surface area contributed by atoms with Gasteiger partial charge in [-0.1, -0.05) is 43.3 Å². The molecule has 0 radical (unpaired) electrons. The standard InChI is InChI=1S/C27H30N6O/c1-2-18-8-10-19(11-9-18)14-31-27(34)21-6-3-5-20(13-21)24-16-30-25(28)26-32-23(17-33(24)26)22-7-4-12-29-15-22/h3,5-6,8-11,13,16-17,22,29H,2,4,7,12,14-15H2,1H3,(H2,28,30)(H,31,34). The Bertz CT molecular complexity index is 1300. The van der Waals surface area contributed by atoms with Gasteiger partial charge in [-0.15, -0.1) is 0 Å². The number of aromatic nitrogens is 3. The lowest BCUT2D eigenvalue weighted by molar-refractivity contribution is 0.0951. The van der Waals surface area contributed by atoms with Gasteiger partial charge in [0.15, 0.2) is 11.5 Å². The number of fused-ring (bicyclic) bond motifs is 1. The zero-order valence-electron chi connectivity index (χ0n) is 19.4. The summed E-state index contributed by atoms with van der Waals surface area (Å²) < 4.78 is 2.00. The Hall–Kier alpha value is -3.71. The highest BCUT2D eigenvalue weighted by atomic mass is 16.1. The molecular formula is C27H30N6O. The maximum Gasteiger partial charge on any atom is 0.251 e. The van der Waals surface area contributed by atoms with Gasteiger partial charge in [0.25, 0.3) is 5.91 Å². The lowest BCUT2D eigenvalue weighted by Gasteiger charge is -2.20. The highest BCUT2D eigenvalue weighted by Crippen LogP contribution is 2.28. The smallest absolute Gasteiger partial charge is 0.251 e. The Morgan fingerprint density at radius 1 is 1.21 bits per heavy atom. The molecule has 0 bridgehead atoms. The molecule has 1 atom stereocenters. The zero-order valence-corrected chi connectivity index (χ0v) is 19.4. The van der Waals surface area contributed by atoms with Crippen LogP contribution in [0, 0.1) is 0 Å². The fourth-order valence-corrected chi connectivity index (χ4v) is 4.52. The second kappa shape index (κ2) is 9.65. The number of anilines is 1. The number of hydrogen-bond acceptors (Lipinski definition) is 5. The number of amides is 1. The number of nitrogen functional groups attached to an aromatic ring is 1. The average molecular weight is 455 g/mol. The summed E-state index contributed by atoms with van der Waals surface area (Å²) in [5.74, 6) is 0.659. The van der Waals surface area contributed by atoms with E-state index >= 15 is 0 Å². The van der Waals surface area contributed by atoms with Crippen LogP contribution in [0.4, 0.5) is 5.82 Å². The van der Waals surface area contributed by atoms with E-state index in [9.17, 15) is 4.79 Å². The van der Waals surface area contributed by atoms with Crippen LogP contribution in [0.3, 0.4) is 0 Å². The molecule has 4 aromatic rings. The number of nitrogens with zero attached hydrogens (tertiary/aromatic N) is 3. The second-order valence-corrected chi connectivity index (χ2v) is 8.86. The molecule has 1 unspecified atom stereocenters. The summed E-state index contributed by atoms with van der Waals surface area (Å²) in [7, 11) is 0. The Morgan fingerprint density at radius 3 is 2.79 bits per heavy atom. The molecule has 0 aliphatic carbocycles. The molecule has 1 saturated heterocycles. The van der Waals surface area contributed by atoms with E-state index in [1.54, 1.807) is 6.20 Å². The molecule has 1 amide bonds. The fraction of sp³-hybridized carbons (Fsp3) is 0.296. The molecule has 34 heavy (non-hydrogen) atoms. The van der Waals surface area contributed by atoms with Crippen LogP contribution in [0.5, 0.6) is 0 Å². The van der Waals surface area contributed by atoms with E-state index in [-0.39, 0.29) is 5.91 Å². The first-order valence-corrected chi connectivity index (χ1v) is 11.9. The van der Waals surface area contributed by atoms with Crippen molar-refractivity contribution in [3.8, 4) is 11.3 Å². The molecule has 1 aliphatic heterocycles. The minimum Gasteiger partial charge on any atom is -0.381 e. The summed E-state index contributed by atoms with van der Waals surface area (Å²) in [4.78, 5) is 22.1. The summed E-state index contributed by atoms with van der Waals surface area (Å²) in [6.07, 6.45) is 7.06. The lowest BCUT2D eigenvalue weighted by atomic mass is 9.97. The van der Waals surface area contributed by atoms with E-state index in [0.29, 0.717) is 29.5 Å². The predicted molar refractivity (Wildman–Crippen MR) is 135 cm³/mol. The van der Waals surface area contributed by atoms with Crippen molar-refractivity contribution in [1.82, 2.24) is 25.0 Å². The first-order valence-electron chi connectivity index (χ1n) is 11.9. The van der Waals surface area contributed by atoms with Gasteiger partial charge in [0.1, 0.15) is 0 Å². The number of nitrogens with one attached hydrogen (secondary N) is 2. The monoisotopic (exact) mass is 454 g/mol. The first kappa shape index (κ1) is 22.1. The Balaban J connectivity index is 1.39. The molecule has 174 valence electrons. The molecule has 3 heterocycles. The predicted octanol–water partition coefficient (Wildman–Crippen LogP) is 3.94. The molecule has 5 rings (SSSR count). The molecule has 2 aromatic heterocycles. The van der Waals surface area contributed by atoms with Crippen LogP contribution in [0.2, 0.25) is 0 Å². The molecule has 1 fully saturated rings. The summed E-state index contributed by atoms with van der Waals surface area (Å²) in [6, 6.07) is 15.9. The van der Waals surface area contributed by atoms with Crippen LogP contribution < -0.4 is 16.4 Å². The highest BCUT2D eigenvalue weighted by Gasteiger charge is 2.20. The van der Waals surface area contributed by atoms with Crippen LogP contribution >= 0.6 is 0 Å². The van der Waals surface area contributed by atoms with Gasteiger partial charge in [0.05, 0.1) is 17.6 Å². The van der Waals surface area contributed by atoms with E-state index < -0.39 is 0 Å². The Kier molecular flexibility index (Phi) is 6.27. The number of carbonyl (C=O) groups excluding carboxylic acids is 1. The van der Waals surface area contributed by atoms with E-state index in [0.717, 1.165) is 54.9 Å². The summed E-state index contributed by atoms with van der Waals surface area (Å²) in [6.45, 7) is 4.59. The fourth-order valence-electron chi connectivity index (χ4n) is 4.52. The molecule has 0 spiro atoms. The van der Waals surface area contributed by atoms with E-state index in [4.69, 9.17) is 10.7 Å². The van der Waals surface area contributed by atoms with Crippen molar-refractivity contribution in [2.45, 2.75) is 38.6 Å². The van der Waals surface area contributed by atoms with Gasteiger partial charge >= 0.3 is 0 Å². The van der Waals surface area contributed by atoms with Crippen molar-refractivity contribution < 1.29 is 4.79 Å². The van der Waals surface area contributed by atoms with Gasteiger partial charge in [-0.2, -0.15) is 0 Å². The number of piperidine rings is 1. The molecule has 7 nitrogen and oxygen atoms in total. The quantitative estimate of drug-likeness (QED) is 0.410. The van der Waals surface area contributed by atoms with Gasteiger partial charge in [0.2, 0.25) is 0 Å². The number of imidazole rings is 1.